The molecular weight excluding hydrogens is 441 g/mol. The van der Waals surface area contributed by atoms with Crippen molar-refractivity contribution in [3.05, 3.63) is 57.8 Å². The van der Waals surface area contributed by atoms with Gasteiger partial charge in [-0.1, -0.05) is 49.9 Å². The van der Waals surface area contributed by atoms with E-state index in [1.165, 1.54) is 35.2 Å². The van der Waals surface area contributed by atoms with E-state index >= 15 is 0 Å². The lowest BCUT2D eigenvalue weighted by Crippen LogP contribution is -2.17. The minimum absolute atomic E-state index is 0.0464. The Balaban J connectivity index is 1.69. The summed E-state index contributed by atoms with van der Waals surface area (Å²) in [5.41, 5.74) is 2.37. The van der Waals surface area contributed by atoms with Crippen molar-refractivity contribution in [2.75, 3.05) is 18.2 Å². The average molecular weight is 464 g/mol. The molecule has 1 amide bonds. The largest absolute Gasteiger partial charge is 0.495 e. The smallest absolute Gasteiger partial charge is 0.234 e. The van der Waals surface area contributed by atoms with Crippen molar-refractivity contribution in [1.29, 1.82) is 0 Å². The standard InChI is InChI=1S/C21H22FN3O2S3/c1-21(2,3)13-5-10-17(27-4)16(11-13)23-18(26)12-29-19-24-25(20(28)30-19)15-8-6-14(22)7-9-15/h5-11H,12H2,1-4H3,(H,23,26). The lowest BCUT2D eigenvalue weighted by Gasteiger charge is -2.21. The molecule has 0 unspecified atom stereocenters. The molecule has 0 atom stereocenters. The number of halogens is 1. The average Bonchev–Trinajstić information content (AvgIpc) is 3.07. The molecule has 0 aliphatic rings. The quantitative estimate of drug-likeness (QED) is 0.368. The van der Waals surface area contributed by atoms with Gasteiger partial charge in [-0.25, -0.2) is 9.07 Å². The Bertz CT molecular complexity index is 1100. The molecule has 1 N–H and O–H groups in total. The molecule has 0 fully saturated rings. The van der Waals surface area contributed by atoms with Crippen molar-refractivity contribution in [3.63, 3.8) is 0 Å². The van der Waals surface area contributed by atoms with E-state index in [9.17, 15) is 9.18 Å². The van der Waals surface area contributed by atoms with E-state index in [0.717, 1.165) is 5.56 Å². The molecular formula is C21H22FN3O2S3. The number of anilines is 1. The summed E-state index contributed by atoms with van der Waals surface area (Å²) in [6.07, 6.45) is 0. The van der Waals surface area contributed by atoms with Crippen molar-refractivity contribution in [3.8, 4) is 11.4 Å². The van der Waals surface area contributed by atoms with Crippen LogP contribution in [0.15, 0.2) is 46.8 Å². The first-order chi connectivity index (χ1) is 14.2. The summed E-state index contributed by atoms with van der Waals surface area (Å²) in [5, 5.41) is 7.36. The first-order valence-corrected chi connectivity index (χ1v) is 11.4. The van der Waals surface area contributed by atoms with Crippen molar-refractivity contribution in [2.24, 2.45) is 0 Å². The van der Waals surface area contributed by atoms with Gasteiger partial charge in [-0.3, -0.25) is 4.79 Å². The Morgan fingerprint density at radius 2 is 1.97 bits per heavy atom. The highest BCUT2D eigenvalue weighted by atomic mass is 32.2. The Kier molecular flexibility index (Phi) is 6.95. The predicted molar refractivity (Wildman–Crippen MR) is 123 cm³/mol. The summed E-state index contributed by atoms with van der Waals surface area (Å²) in [4.78, 5) is 12.5. The van der Waals surface area contributed by atoms with Crippen molar-refractivity contribution >= 4 is 46.9 Å². The second-order valence-electron chi connectivity index (χ2n) is 7.52. The molecule has 0 bridgehead atoms. The zero-order valence-electron chi connectivity index (χ0n) is 17.1. The highest BCUT2D eigenvalue weighted by Gasteiger charge is 2.17. The Morgan fingerprint density at radius 3 is 2.60 bits per heavy atom. The minimum atomic E-state index is -0.322. The number of nitrogens with zero attached hydrogens (tertiary/aromatic N) is 2. The third-order valence-corrected chi connectivity index (χ3v) is 6.63. The van der Waals surface area contributed by atoms with Gasteiger partial charge in [-0.05, 0) is 59.6 Å². The van der Waals surface area contributed by atoms with Crippen LogP contribution in [-0.2, 0) is 10.2 Å². The fourth-order valence-electron chi connectivity index (χ4n) is 2.65. The van der Waals surface area contributed by atoms with Crippen LogP contribution in [0, 0.1) is 9.77 Å². The molecule has 9 heteroatoms. The van der Waals surface area contributed by atoms with Gasteiger partial charge < -0.3 is 10.1 Å². The van der Waals surface area contributed by atoms with Crippen LogP contribution in [0.5, 0.6) is 5.75 Å². The molecule has 0 saturated heterocycles. The Hall–Kier alpha value is -2.23. The van der Waals surface area contributed by atoms with E-state index in [4.69, 9.17) is 17.0 Å². The number of nitrogens with one attached hydrogen (secondary N) is 1. The molecule has 0 radical (unpaired) electrons. The maximum absolute atomic E-state index is 13.1. The first-order valence-electron chi connectivity index (χ1n) is 9.14. The lowest BCUT2D eigenvalue weighted by molar-refractivity contribution is -0.113. The van der Waals surface area contributed by atoms with Crippen LogP contribution in [0.4, 0.5) is 10.1 Å². The molecule has 3 aromatic rings. The SMILES string of the molecule is COc1ccc(C(C)(C)C)cc1NC(=O)CSc1nn(-c2ccc(F)cc2)c(=S)s1. The minimum Gasteiger partial charge on any atom is -0.495 e. The summed E-state index contributed by atoms with van der Waals surface area (Å²) in [5.74, 6) is 0.295. The number of methoxy groups -OCH3 is 1. The van der Waals surface area contributed by atoms with Gasteiger partial charge >= 0.3 is 0 Å². The number of aromatic nitrogens is 2. The van der Waals surface area contributed by atoms with Gasteiger partial charge in [0.05, 0.1) is 24.2 Å². The third kappa shape index (κ3) is 5.47. The maximum Gasteiger partial charge on any atom is 0.234 e. The second-order valence-corrected chi connectivity index (χ2v) is 10.4. The summed E-state index contributed by atoms with van der Waals surface area (Å²) in [7, 11) is 1.57. The molecule has 30 heavy (non-hydrogen) atoms. The van der Waals surface area contributed by atoms with Gasteiger partial charge in [0.25, 0.3) is 0 Å². The van der Waals surface area contributed by atoms with Crippen LogP contribution < -0.4 is 10.1 Å². The molecule has 3 rings (SSSR count). The third-order valence-electron chi connectivity index (χ3n) is 4.27. The van der Waals surface area contributed by atoms with Crippen molar-refractivity contribution < 1.29 is 13.9 Å². The molecule has 1 heterocycles. The van der Waals surface area contributed by atoms with Crippen molar-refractivity contribution in [1.82, 2.24) is 9.78 Å². The molecule has 2 aromatic carbocycles. The number of thioether (sulfide) groups is 1. The lowest BCUT2D eigenvalue weighted by atomic mass is 9.87. The zero-order chi connectivity index (χ0) is 21.9. The fraction of sp³-hybridized carbons (Fsp3) is 0.286. The summed E-state index contributed by atoms with van der Waals surface area (Å²) < 4.78 is 21.3. The number of rotatable bonds is 6. The van der Waals surface area contributed by atoms with E-state index in [1.807, 2.05) is 18.2 Å². The van der Waals surface area contributed by atoms with E-state index in [2.05, 4.69) is 31.2 Å². The summed E-state index contributed by atoms with van der Waals surface area (Å²) in [6.45, 7) is 6.34. The van der Waals surface area contributed by atoms with Crippen LogP contribution in [0.2, 0.25) is 0 Å². The van der Waals surface area contributed by atoms with Gasteiger partial charge in [-0.2, -0.15) is 0 Å². The van der Waals surface area contributed by atoms with E-state index in [-0.39, 0.29) is 22.9 Å². The molecule has 1 aromatic heterocycles. The Labute approximate surface area is 188 Å². The van der Waals surface area contributed by atoms with E-state index in [0.29, 0.717) is 25.4 Å². The van der Waals surface area contributed by atoms with Crippen LogP contribution in [0.1, 0.15) is 26.3 Å². The van der Waals surface area contributed by atoms with Crippen LogP contribution >= 0.6 is 35.3 Å². The molecule has 0 aliphatic carbocycles. The van der Waals surface area contributed by atoms with Gasteiger partial charge in [0.2, 0.25) is 5.91 Å². The number of benzene rings is 2. The monoisotopic (exact) mass is 463 g/mol. The topological polar surface area (TPSA) is 56.1 Å². The van der Waals surface area contributed by atoms with Crippen LogP contribution in [0.25, 0.3) is 5.69 Å². The number of hydrogen-bond acceptors (Lipinski definition) is 6. The number of carbonyl (C=O) groups is 1. The number of hydrogen-bond donors (Lipinski definition) is 1. The van der Waals surface area contributed by atoms with Crippen molar-refractivity contribution in [2.45, 2.75) is 30.5 Å². The van der Waals surface area contributed by atoms with E-state index in [1.54, 1.807) is 23.9 Å². The predicted octanol–water partition coefficient (Wildman–Crippen LogP) is 5.84. The Morgan fingerprint density at radius 1 is 1.27 bits per heavy atom. The molecule has 0 aliphatic heterocycles. The summed E-state index contributed by atoms with van der Waals surface area (Å²) in [6, 6.07) is 11.7. The highest BCUT2D eigenvalue weighted by Crippen LogP contribution is 2.32. The zero-order valence-corrected chi connectivity index (χ0v) is 19.5. The van der Waals surface area contributed by atoms with Gasteiger partial charge in [0.15, 0.2) is 8.29 Å². The number of carbonyl (C=O) groups excluding carboxylic acids is 1. The number of ether oxygens (including phenoxy) is 1. The second kappa shape index (κ2) is 9.28. The first kappa shape index (κ1) is 22.5. The van der Waals surface area contributed by atoms with E-state index < -0.39 is 0 Å². The van der Waals surface area contributed by atoms with Gasteiger partial charge in [0.1, 0.15) is 11.6 Å². The summed E-state index contributed by atoms with van der Waals surface area (Å²) >= 11 is 7.95. The number of amides is 1. The van der Waals surface area contributed by atoms with Crippen LogP contribution in [-0.4, -0.2) is 28.6 Å². The fourth-order valence-corrected chi connectivity index (χ4v) is 4.81. The normalized spacial score (nSPS) is 11.4. The molecule has 0 saturated carbocycles. The van der Waals surface area contributed by atoms with Gasteiger partial charge in [-0.15, -0.1) is 5.10 Å². The highest BCUT2D eigenvalue weighted by molar-refractivity contribution is 8.01. The molecule has 5 nitrogen and oxygen atoms in total. The maximum atomic E-state index is 13.1. The molecule has 0 spiro atoms. The van der Waals surface area contributed by atoms with Gasteiger partial charge in [0, 0.05) is 0 Å². The van der Waals surface area contributed by atoms with Crippen LogP contribution in [0.3, 0.4) is 0 Å². The molecule has 158 valence electrons.